The van der Waals surface area contributed by atoms with Gasteiger partial charge in [0.2, 0.25) is 0 Å². The van der Waals surface area contributed by atoms with E-state index in [1.165, 1.54) is 5.56 Å². The average molecular weight is 567 g/mol. The van der Waals surface area contributed by atoms with Crippen molar-refractivity contribution in [3.8, 4) is 5.75 Å². The fraction of sp³-hybridized carbons (Fsp3) is 0.294. The third-order valence-corrected chi connectivity index (χ3v) is 7.76. The Morgan fingerprint density at radius 3 is 2.43 bits per heavy atom. The van der Waals surface area contributed by atoms with Crippen LogP contribution < -0.4 is 15.4 Å². The maximum Gasteiger partial charge on any atom is 0.323 e. The summed E-state index contributed by atoms with van der Waals surface area (Å²) in [5.41, 5.74) is 2.62. The summed E-state index contributed by atoms with van der Waals surface area (Å²) < 4.78 is 6.65. The second kappa shape index (κ2) is 13.1. The molecule has 0 bridgehead atoms. The predicted octanol–water partition coefficient (Wildman–Crippen LogP) is 5.84. The summed E-state index contributed by atoms with van der Waals surface area (Å²) in [7, 11) is 2.05. The Morgan fingerprint density at radius 1 is 0.976 bits per heavy atom. The lowest BCUT2D eigenvalue weighted by atomic mass is 9.99. The first-order valence-corrected chi connectivity index (χ1v) is 14.3. The number of anilines is 2. The van der Waals surface area contributed by atoms with Crippen molar-refractivity contribution in [2.45, 2.75) is 32.5 Å². The van der Waals surface area contributed by atoms with Crippen LogP contribution in [0.25, 0.3) is 10.8 Å². The summed E-state index contributed by atoms with van der Waals surface area (Å²) >= 11 is 0. The highest BCUT2D eigenvalue weighted by Crippen LogP contribution is 2.35. The molecule has 5 rings (SSSR count). The zero-order valence-corrected chi connectivity index (χ0v) is 24.3. The predicted molar refractivity (Wildman–Crippen MR) is 167 cm³/mol. The fourth-order valence-corrected chi connectivity index (χ4v) is 5.44. The number of urea groups is 1. The third-order valence-electron chi connectivity index (χ3n) is 7.76. The normalized spacial score (nSPS) is 17.6. The lowest BCUT2D eigenvalue weighted by molar-refractivity contribution is 0.0343. The minimum atomic E-state index is -0.441. The maximum atomic E-state index is 13.8. The van der Waals surface area contributed by atoms with Gasteiger partial charge >= 0.3 is 6.03 Å². The summed E-state index contributed by atoms with van der Waals surface area (Å²) in [6.07, 6.45) is -0.289. The molecule has 218 valence electrons. The molecule has 0 saturated heterocycles. The maximum absolute atomic E-state index is 13.8. The molecule has 1 aliphatic rings. The molecule has 4 aromatic rings. The molecule has 42 heavy (non-hydrogen) atoms. The van der Waals surface area contributed by atoms with Crippen LogP contribution in [0.1, 0.15) is 29.8 Å². The Bertz CT molecular complexity index is 1540. The van der Waals surface area contributed by atoms with E-state index >= 15 is 0 Å². The van der Waals surface area contributed by atoms with Gasteiger partial charge in [-0.05, 0) is 43.1 Å². The van der Waals surface area contributed by atoms with Crippen LogP contribution in [0.5, 0.6) is 5.75 Å². The van der Waals surface area contributed by atoms with Crippen LogP contribution in [-0.4, -0.2) is 65.7 Å². The number of fused-ring (bicyclic) bond motifs is 2. The van der Waals surface area contributed by atoms with Crippen LogP contribution in [0.2, 0.25) is 0 Å². The zero-order valence-electron chi connectivity index (χ0n) is 24.3. The number of benzene rings is 4. The van der Waals surface area contributed by atoms with Crippen LogP contribution in [0.15, 0.2) is 91.0 Å². The van der Waals surface area contributed by atoms with Crippen molar-refractivity contribution in [3.63, 3.8) is 0 Å². The van der Waals surface area contributed by atoms with E-state index < -0.39 is 6.03 Å². The van der Waals surface area contributed by atoms with E-state index in [4.69, 9.17) is 4.74 Å². The number of para-hydroxylation sites is 1. The molecule has 1 aliphatic heterocycles. The first-order valence-electron chi connectivity index (χ1n) is 14.3. The Morgan fingerprint density at radius 2 is 1.64 bits per heavy atom. The number of hydrogen-bond donors (Lipinski definition) is 3. The van der Waals surface area contributed by atoms with Crippen molar-refractivity contribution in [1.82, 2.24) is 9.80 Å². The summed E-state index contributed by atoms with van der Waals surface area (Å²) in [4.78, 5) is 31.0. The molecule has 0 unspecified atom stereocenters. The number of carbonyl (C=O) groups is 2. The fourth-order valence-electron chi connectivity index (χ4n) is 5.44. The number of nitrogens with one attached hydrogen (secondary N) is 2. The number of nitrogens with zero attached hydrogens (tertiary/aromatic N) is 2. The second-order valence-electron chi connectivity index (χ2n) is 11.1. The zero-order chi connectivity index (χ0) is 29.6. The molecule has 0 spiro atoms. The molecule has 8 nitrogen and oxygen atoms in total. The number of ether oxygens (including phenoxy) is 1. The van der Waals surface area contributed by atoms with E-state index in [1.807, 2.05) is 74.6 Å². The Labute approximate surface area is 246 Å². The number of rotatable bonds is 8. The Hall–Kier alpha value is -4.40. The van der Waals surface area contributed by atoms with Gasteiger partial charge < -0.3 is 25.4 Å². The number of aliphatic hydroxyl groups excluding tert-OH is 1. The third kappa shape index (κ3) is 6.56. The standard InChI is InChI=1S/C34H38N4O4/c1-23-19-38(24(2)22-39)33(40)28-16-10-18-30(32(28)42-31(23)21-37(3)20-25-11-5-4-6-12-25)36-34(41)35-29-17-9-14-26-13-7-8-15-27(26)29/h4-18,23-24,31,39H,19-22H2,1-3H3,(H2,35,36,41)/t23-,24-,31-/m1/s1. The van der Waals surface area contributed by atoms with Crippen LogP contribution in [-0.2, 0) is 6.54 Å². The largest absolute Gasteiger partial charge is 0.486 e. The van der Waals surface area contributed by atoms with Gasteiger partial charge in [-0.1, -0.05) is 79.7 Å². The number of amides is 3. The van der Waals surface area contributed by atoms with Crippen molar-refractivity contribution in [3.05, 3.63) is 102 Å². The van der Waals surface area contributed by atoms with Crippen LogP contribution >= 0.6 is 0 Å². The molecule has 3 N–H and O–H groups in total. The highest BCUT2D eigenvalue weighted by Gasteiger charge is 2.34. The van der Waals surface area contributed by atoms with Crippen molar-refractivity contribution >= 4 is 34.1 Å². The molecular formula is C34H38N4O4. The molecule has 3 amide bonds. The van der Waals surface area contributed by atoms with Crippen molar-refractivity contribution in [1.29, 1.82) is 0 Å². The summed E-state index contributed by atoms with van der Waals surface area (Å²) in [6.45, 7) is 5.51. The number of carbonyl (C=O) groups excluding carboxylic acids is 2. The van der Waals surface area contributed by atoms with Gasteiger partial charge in [0.05, 0.1) is 29.6 Å². The topological polar surface area (TPSA) is 94.1 Å². The Kier molecular flexibility index (Phi) is 9.05. The first-order chi connectivity index (χ1) is 20.3. The summed E-state index contributed by atoms with van der Waals surface area (Å²) in [5.74, 6) is 0.0369. The van der Waals surface area contributed by atoms with Crippen molar-refractivity contribution in [2.75, 3.05) is 37.4 Å². The van der Waals surface area contributed by atoms with Crippen molar-refractivity contribution in [2.24, 2.45) is 5.92 Å². The molecule has 8 heteroatoms. The van der Waals surface area contributed by atoms with Gasteiger partial charge in [0, 0.05) is 30.9 Å². The lowest BCUT2D eigenvalue weighted by Gasteiger charge is -2.38. The SMILES string of the molecule is C[C@@H]1CN([C@H](C)CO)C(=O)c2cccc(NC(=O)Nc3cccc4ccccc34)c2O[C@@H]1CN(C)Cc1ccccc1. The molecule has 1 heterocycles. The highest BCUT2D eigenvalue weighted by molar-refractivity contribution is 6.08. The highest BCUT2D eigenvalue weighted by atomic mass is 16.5. The van der Waals surface area contributed by atoms with E-state index in [0.29, 0.717) is 35.8 Å². The Balaban J connectivity index is 1.44. The van der Waals surface area contributed by atoms with E-state index in [-0.39, 0.29) is 30.6 Å². The minimum absolute atomic E-state index is 0.0492. The molecule has 0 radical (unpaired) electrons. The van der Waals surface area contributed by atoms with Gasteiger partial charge in [-0.15, -0.1) is 0 Å². The lowest BCUT2D eigenvalue weighted by Crippen LogP contribution is -2.49. The van der Waals surface area contributed by atoms with Crippen LogP contribution in [0.3, 0.4) is 0 Å². The van der Waals surface area contributed by atoms with Crippen LogP contribution in [0.4, 0.5) is 16.2 Å². The molecule has 0 fully saturated rings. The van der Waals surface area contributed by atoms with Gasteiger partial charge in [-0.25, -0.2) is 4.79 Å². The molecule has 4 aromatic carbocycles. The smallest absolute Gasteiger partial charge is 0.323 e. The van der Waals surface area contributed by atoms with E-state index in [0.717, 1.165) is 17.3 Å². The molecular weight excluding hydrogens is 528 g/mol. The quantitative estimate of drug-likeness (QED) is 0.249. The summed E-state index contributed by atoms with van der Waals surface area (Å²) in [6, 6.07) is 28.2. The van der Waals surface area contributed by atoms with Gasteiger partial charge in [0.25, 0.3) is 5.91 Å². The second-order valence-corrected chi connectivity index (χ2v) is 11.1. The first kappa shape index (κ1) is 29.1. The summed E-state index contributed by atoms with van der Waals surface area (Å²) in [5, 5.41) is 17.8. The van der Waals surface area contributed by atoms with E-state index in [2.05, 4.69) is 34.6 Å². The monoisotopic (exact) mass is 566 g/mol. The van der Waals surface area contributed by atoms with Gasteiger partial charge in [-0.3, -0.25) is 9.69 Å². The van der Waals surface area contributed by atoms with Gasteiger partial charge in [-0.2, -0.15) is 0 Å². The average Bonchev–Trinajstić information content (AvgIpc) is 2.99. The molecule has 0 aliphatic carbocycles. The number of aliphatic hydroxyl groups is 1. The van der Waals surface area contributed by atoms with Gasteiger partial charge in [0.15, 0.2) is 5.75 Å². The molecule has 0 saturated carbocycles. The molecule has 3 atom stereocenters. The molecule has 0 aromatic heterocycles. The van der Waals surface area contributed by atoms with Crippen LogP contribution in [0, 0.1) is 5.92 Å². The van der Waals surface area contributed by atoms with E-state index in [9.17, 15) is 14.7 Å². The minimum Gasteiger partial charge on any atom is -0.486 e. The number of likely N-dealkylation sites (N-methyl/N-ethyl adjacent to an activating group) is 1. The van der Waals surface area contributed by atoms with Crippen molar-refractivity contribution < 1.29 is 19.4 Å². The number of hydrogen-bond acceptors (Lipinski definition) is 5. The van der Waals surface area contributed by atoms with Gasteiger partial charge in [0.1, 0.15) is 6.10 Å². The van der Waals surface area contributed by atoms with E-state index in [1.54, 1.807) is 23.1 Å².